The molecular weight excluding hydrogens is 334 g/mol. The first-order valence-corrected chi connectivity index (χ1v) is 8.22. The summed E-state index contributed by atoms with van der Waals surface area (Å²) in [5, 5.41) is 0. The molecule has 2 aromatic carbocycles. The normalized spacial score (nSPS) is 12.2. The van der Waals surface area contributed by atoms with Gasteiger partial charge < -0.3 is 10.5 Å². The molecule has 0 bridgehead atoms. The van der Waals surface area contributed by atoms with Gasteiger partial charge in [-0.05, 0) is 42.3 Å². The standard InChI is InChI=1S/C16H18BrNOS/c1-19-14-7-8-16(17)12(10-14)9-13(18)11-20-15-5-3-2-4-6-15/h2-8,10,13H,9,11,18H2,1H3. The second-order valence-electron chi connectivity index (χ2n) is 4.55. The molecule has 2 nitrogen and oxygen atoms in total. The maximum Gasteiger partial charge on any atom is 0.119 e. The lowest BCUT2D eigenvalue weighted by Crippen LogP contribution is -2.25. The second-order valence-corrected chi connectivity index (χ2v) is 6.49. The molecule has 0 fully saturated rings. The SMILES string of the molecule is COc1ccc(Br)c(CC(N)CSc2ccccc2)c1. The number of hydrogen-bond acceptors (Lipinski definition) is 3. The topological polar surface area (TPSA) is 35.2 Å². The van der Waals surface area contributed by atoms with Crippen molar-refractivity contribution in [2.45, 2.75) is 17.4 Å². The van der Waals surface area contributed by atoms with Gasteiger partial charge in [0.1, 0.15) is 5.75 Å². The van der Waals surface area contributed by atoms with E-state index in [9.17, 15) is 0 Å². The summed E-state index contributed by atoms with van der Waals surface area (Å²) in [6.45, 7) is 0. The van der Waals surface area contributed by atoms with E-state index in [1.807, 2.05) is 36.4 Å². The van der Waals surface area contributed by atoms with Crippen molar-refractivity contribution in [3.8, 4) is 5.75 Å². The second kappa shape index (κ2) is 7.72. The molecule has 2 N–H and O–H groups in total. The molecular formula is C16H18BrNOS. The molecule has 4 heteroatoms. The molecule has 0 aliphatic heterocycles. The molecule has 2 rings (SSSR count). The van der Waals surface area contributed by atoms with E-state index < -0.39 is 0 Å². The van der Waals surface area contributed by atoms with E-state index in [0.717, 1.165) is 22.4 Å². The third-order valence-electron chi connectivity index (χ3n) is 2.94. The lowest BCUT2D eigenvalue weighted by molar-refractivity contribution is 0.414. The fourth-order valence-corrected chi connectivity index (χ4v) is 3.18. The van der Waals surface area contributed by atoms with E-state index in [0.29, 0.717) is 0 Å². The number of nitrogens with two attached hydrogens (primary N) is 1. The summed E-state index contributed by atoms with van der Waals surface area (Å²) in [7, 11) is 1.68. The van der Waals surface area contributed by atoms with Crippen LogP contribution in [0.4, 0.5) is 0 Å². The molecule has 2 aromatic rings. The van der Waals surface area contributed by atoms with Crippen LogP contribution in [-0.4, -0.2) is 18.9 Å². The highest BCUT2D eigenvalue weighted by Crippen LogP contribution is 2.25. The van der Waals surface area contributed by atoms with Crippen LogP contribution in [0.3, 0.4) is 0 Å². The van der Waals surface area contributed by atoms with Gasteiger partial charge in [0.25, 0.3) is 0 Å². The molecule has 0 amide bonds. The van der Waals surface area contributed by atoms with Gasteiger partial charge >= 0.3 is 0 Å². The predicted octanol–water partition coefficient (Wildman–Crippen LogP) is 4.12. The zero-order chi connectivity index (χ0) is 14.4. The van der Waals surface area contributed by atoms with Crippen molar-refractivity contribution >= 4 is 27.7 Å². The molecule has 0 aliphatic rings. The van der Waals surface area contributed by atoms with Crippen molar-refractivity contribution in [1.82, 2.24) is 0 Å². The highest BCUT2D eigenvalue weighted by atomic mass is 79.9. The minimum Gasteiger partial charge on any atom is -0.497 e. The summed E-state index contributed by atoms with van der Waals surface area (Å²) in [4.78, 5) is 1.26. The van der Waals surface area contributed by atoms with E-state index in [1.54, 1.807) is 18.9 Å². The Bertz CT molecular complexity index is 547. The largest absolute Gasteiger partial charge is 0.497 e. The Labute approximate surface area is 132 Å². The zero-order valence-corrected chi connectivity index (χ0v) is 13.8. The molecule has 0 saturated heterocycles. The van der Waals surface area contributed by atoms with Crippen LogP contribution < -0.4 is 10.5 Å². The molecule has 0 saturated carbocycles. The lowest BCUT2D eigenvalue weighted by Gasteiger charge is -2.13. The summed E-state index contributed by atoms with van der Waals surface area (Å²) < 4.78 is 6.34. The summed E-state index contributed by atoms with van der Waals surface area (Å²) in [5.74, 6) is 1.76. The Morgan fingerprint density at radius 1 is 1.20 bits per heavy atom. The van der Waals surface area contributed by atoms with E-state index in [2.05, 4.69) is 28.1 Å². The van der Waals surface area contributed by atoms with Gasteiger partial charge in [0.05, 0.1) is 7.11 Å². The van der Waals surface area contributed by atoms with Crippen LogP contribution in [0.25, 0.3) is 0 Å². The molecule has 0 spiro atoms. The van der Waals surface area contributed by atoms with Gasteiger partial charge in [0.2, 0.25) is 0 Å². The molecule has 106 valence electrons. The Balaban J connectivity index is 1.92. The summed E-state index contributed by atoms with van der Waals surface area (Å²) in [5.41, 5.74) is 7.42. The van der Waals surface area contributed by atoms with Gasteiger partial charge in [0.15, 0.2) is 0 Å². The Kier molecular flexibility index (Phi) is 5.95. The fourth-order valence-electron chi connectivity index (χ4n) is 1.90. The van der Waals surface area contributed by atoms with E-state index in [4.69, 9.17) is 10.5 Å². The average Bonchev–Trinajstić information content (AvgIpc) is 2.48. The number of benzene rings is 2. The van der Waals surface area contributed by atoms with Crippen molar-refractivity contribution in [3.63, 3.8) is 0 Å². The number of ether oxygens (including phenoxy) is 1. The van der Waals surface area contributed by atoms with Gasteiger partial charge in [-0.3, -0.25) is 0 Å². The molecule has 0 aromatic heterocycles. The monoisotopic (exact) mass is 351 g/mol. The molecule has 0 radical (unpaired) electrons. The van der Waals surface area contributed by atoms with E-state index in [-0.39, 0.29) is 6.04 Å². The first-order valence-electron chi connectivity index (χ1n) is 6.45. The van der Waals surface area contributed by atoms with Crippen LogP contribution in [0.15, 0.2) is 57.9 Å². The zero-order valence-electron chi connectivity index (χ0n) is 11.4. The van der Waals surface area contributed by atoms with Crippen molar-refractivity contribution in [2.24, 2.45) is 5.73 Å². The van der Waals surface area contributed by atoms with Crippen molar-refractivity contribution in [3.05, 3.63) is 58.6 Å². The Hall–Kier alpha value is -0.970. The van der Waals surface area contributed by atoms with Gasteiger partial charge in [0, 0.05) is 21.2 Å². The minimum atomic E-state index is 0.114. The number of rotatable bonds is 6. The van der Waals surface area contributed by atoms with Crippen LogP contribution in [0.5, 0.6) is 5.75 Å². The van der Waals surface area contributed by atoms with Gasteiger partial charge in [-0.25, -0.2) is 0 Å². The number of hydrogen-bond donors (Lipinski definition) is 1. The third kappa shape index (κ3) is 4.54. The number of methoxy groups -OCH3 is 1. The van der Waals surface area contributed by atoms with E-state index in [1.165, 1.54) is 10.5 Å². The van der Waals surface area contributed by atoms with Crippen LogP contribution in [-0.2, 0) is 6.42 Å². The van der Waals surface area contributed by atoms with Crippen LogP contribution >= 0.6 is 27.7 Å². The first kappa shape index (κ1) is 15.4. The first-order chi connectivity index (χ1) is 9.69. The molecule has 0 aliphatic carbocycles. The maximum absolute atomic E-state index is 6.23. The van der Waals surface area contributed by atoms with Crippen LogP contribution in [0, 0.1) is 0 Å². The molecule has 1 unspecified atom stereocenters. The molecule has 1 atom stereocenters. The van der Waals surface area contributed by atoms with Gasteiger partial charge in [-0.15, -0.1) is 11.8 Å². The highest BCUT2D eigenvalue weighted by molar-refractivity contribution is 9.10. The summed E-state index contributed by atoms with van der Waals surface area (Å²) in [6, 6.07) is 16.4. The van der Waals surface area contributed by atoms with Crippen molar-refractivity contribution < 1.29 is 4.74 Å². The lowest BCUT2D eigenvalue weighted by atomic mass is 10.1. The van der Waals surface area contributed by atoms with Crippen LogP contribution in [0.1, 0.15) is 5.56 Å². The van der Waals surface area contributed by atoms with Gasteiger partial charge in [-0.2, -0.15) is 0 Å². The third-order valence-corrected chi connectivity index (χ3v) is 4.92. The van der Waals surface area contributed by atoms with Gasteiger partial charge in [-0.1, -0.05) is 34.1 Å². The number of halogens is 1. The molecule has 0 heterocycles. The Morgan fingerprint density at radius 3 is 2.65 bits per heavy atom. The summed E-state index contributed by atoms with van der Waals surface area (Å²) in [6.07, 6.45) is 0.831. The quantitative estimate of drug-likeness (QED) is 0.795. The highest BCUT2D eigenvalue weighted by Gasteiger charge is 2.09. The average molecular weight is 352 g/mol. The predicted molar refractivity (Wildman–Crippen MR) is 89.5 cm³/mol. The smallest absolute Gasteiger partial charge is 0.119 e. The minimum absolute atomic E-state index is 0.114. The number of thioether (sulfide) groups is 1. The maximum atomic E-state index is 6.23. The van der Waals surface area contributed by atoms with Crippen molar-refractivity contribution in [1.29, 1.82) is 0 Å². The Morgan fingerprint density at radius 2 is 1.95 bits per heavy atom. The van der Waals surface area contributed by atoms with Crippen molar-refractivity contribution in [2.75, 3.05) is 12.9 Å². The van der Waals surface area contributed by atoms with Crippen LogP contribution in [0.2, 0.25) is 0 Å². The van der Waals surface area contributed by atoms with E-state index >= 15 is 0 Å². The fraction of sp³-hybridized carbons (Fsp3) is 0.250. The summed E-state index contributed by atoms with van der Waals surface area (Å²) >= 11 is 5.36. The molecule has 20 heavy (non-hydrogen) atoms.